The highest BCUT2D eigenvalue weighted by molar-refractivity contribution is 5.90. The number of nitriles is 1. The molecule has 3 rings (SSSR count). The maximum absolute atomic E-state index is 12.6. The summed E-state index contributed by atoms with van der Waals surface area (Å²) >= 11 is 0. The van der Waals surface area contributed by atoms with Crippen LogP contribution in [0.4, 0.5) is 11.5 Å². The zero-order valence-corrected chi connectivity index (χ0v) is 16.4. The summed E-state index contributed by atoms with van der Waals surface area (Å²) in [6.45, 7) is 7.53. The van der Waals surface area contributed by atoms with E-state index in [1.807, 2.05) is 13.0 Å². The molecule has 0 spiro atoms. The van der Waals surface area contributed by atoms with Crippen molar-refractivity contribution in [1.29, 1.82) is 5.26 Å². The Morgan fingerprint density at radius 1 is 1.29 bits per heavy atom. The topological polar surface area (TPSA) is 104 Å². The number of nitrogens with one attached hydrogen (secondary N) is 1. The monoisotopic (exact) mass is 380 g/mol. The molecule has 1 amide bonds. The van der Waals surface area contributed by atoms with Gasteiger partial charge >= 0.3 is 0 Å². The summed E-state index contributed by atoms with van der Waals surface area (Å²) in [4.78, 5) is 31.1. The maximum atomic E-state index is 12.6. The largest absolute Gasteiger partial charge is 0.355 e. The van der Waals surface area contributed by atoms with Gasteiger partial charge in [0, 0.05) is 24.2 Å². The summed E-state index contributed by atoms with van der Waals surface area (Å²) < 4.78 is 1.22. The van der Waals surface area contributed by atoms with Gasteiger partial charge in [-0.2, -0.15) is 10.4 Å². The highest BCUT2D eigenvalue weighted by atomic mass is 16.2. The van der Waals surface area contributed by atoms with E-state index in [0.29, 0.717) is 17.2 Å². The zero-order valence-electron chi connectivity index (χ0n) is 16.4. The third kappa shape index (κ3) is 4.19. The maximum Gasteiger partial charge on any atom is 0.270 e. The lowest BCUT2D eigenvalue weighted by Crippen LogP contribution is -2.38. The van der Waals surface area contributed by atoms with Crippen LogP contribution < -0.4 is 15.8 Å². The number of aromatic nitrogens is 3. The second kappa shape index (κ2) is 8.21. The van der Waals surface area contributed by atoms with E-state index in [2.05, 4.69) is 27.2 Å². The lowest BCUT2D eigenvalue weighted by atomic mass is 9.99. The van der Waals surface area contributed by atoms with Crippen LogP contribution in [0.25, 0.3) is 0 Å². The standard InChI is InChI=1S/C20H24N6O2/c1-13-6-8-25(9-7-13)19-14(2)15(3)20(28)26(24-19)12-18(27)23-17-5-4-16(10-21)22-11-17/h4-5,11,13H,6-9,12H2,1-3H3,(H,23,27). The van der Waals surface area contributed by atoms with Crippen molar-refractivity contribution in [3.63, 3.8) is 0 Å². The molecule has 1 fully saturated rings. The number of piperidine rings is 1. The van der Waals surface area contributed by atoms with Crippen LogP contribution in [0.1, 0.15) is 36.6 Å². The molecule has 1 aliphatic rings. The molecule has 0 bridgehead atoms. The van der Waals surface area contributed by atoms with Gasteiger partial charge in [-0.15, -0.1) is 0 Å². The zero-order chi connectivity index (χ0) is 20.3. The fraction of sp³-hybridized carbons (Fsp3) is 0.450. The fourth-order valence-electron chi connectivity index (χ4n) is 3.25. The number of carbonyl (C=O) groups is 1. The van der Waals surface area contributed by atoms with Crippen LogP contribution in [0.5, 0.6) is 0 Å². The van der Waals surface area contributed by atoms with Crippen molar-refractivity contribution in [3.05, 3.63) is 45.5 Å². The molecule has 2 aromatic rings. The van der Waals surface area contributed by atoms with E-state index in [1.54, 1.807) is 13.0 Å². The number of carbonyl (C=O) groups excluding carboxylic acids is 1. The predicted octanol–water partition coefficient (Wildman–Crippen LogP) is 2.00. The lowest BCUT2D eigenvalue weighted by molar-refractivity contribution is -0.117. The van der Waals surface area contributed by atoms with Crippen molar-refractivity contribution in [2.75, 3.05) is 23.3 Å². The van der Waals surface area contributed by atoms with Gasteiger partial charge in [0.1, 0.15) is 18.3 Å². The van der Waals surface area contributed by atoms with Crippen molar-refractivity contribution < 1.29 is 4.79 Å². The van der Waals surface area contributed by atoms with Crippen molar-refractivity contribution in [3.8, 4) is 6.07 Å². The Hall–Kier alpha value is -3.21. The molecule has 0 radical (unpaired) electrons. The van der Waals surface area contributed by atoms with Crippen LogP contribution in [-0.2, 0) is 11.3 Å². The average molecular weight is 380 g/mol. The minimum Gasteiger partial charge on any atom is -0.355 e. The Balaban J connectivity index is 1.79. The highest BCUT2D eigenvalue weighted by Gasteiger charge is 2.22. The van der Waals surface area contributed by atoms with Gasteiger partial charge in [0.05, 0.1) is 11.9 Å². The van der Waals surface area contributed by atoms with Crippen molar-refractivity contribution in [1.82, 2.24) is 14.8 Å². The van der Waals surface area contributed by atoms with Crippen LogP contribution in [-0.4, -0.2) is 33.8 Å². The molecule has 0 unspecified atom stereocenters. The normalized spacial score (nSPS) is 14.6. The van der Waals surface area contributed by atoms with E-state index in [-0.39, 0.29) is 23.7 Å². The summed E-state index contributed by atoms with van der Waals surface area (Å²) in [7, 11) is 0. The molecule has 146 valence electrons. The third-order valence-corrected chi connectivity index (χ3v) is 5.21. The molecule has 28 heavy (non-hydrogen) atoms. The van der Waals surface area contributed by atoms with Crippen LogP contribution in [0.2, 0.25) is 0 Å². The summed E-state index contributed by atoms with van der Waals surface area (Å²) in [6, 6.07) is 5.04. The Morgan fingerprint density at radius 2 is 2.00 bits per heavy atom. The number of pyridine rings is 1. The molecule has 0 aliphatic carbocycles. The van der Waals surface area contributed by atoms with Crippen LogP contribution in [0.3, 0.4) is 0 Å². The molecular weight excluding hydrogens is 356 g/mol. The van der Waals surface area contributed by atoms with E-state index in [1.165, 1.54) is 16.9 Å². The van der Waals surface area contributed by atoms with E-state index in [9.17, 15) is 9.59 Å². The lowest BCUT2D eigenvalue weighted by Gasteiger charge is -2.32. The predicted molar refractivity (Wildman–Crippen MR) is 106 cm³/mol. The van der Waals surface area contributed by atoms with Gasteiger partial charge in [-0.25, -0.2) is 9.67 Å². The van der Waals surface area contributed by atoms with E-state index < -0.39 is 0 Å². The summed E-state index contributed by atoms with van der Waals surface area (Å²) in [5.41, 5.74) is 1.94. The molecule has 1 saturated heterocycles. The summed E-state index contributed by atoms with van der Waals surface area (Å²) in [6.07, 6.45) is 3.59. The molecule has 8 heteroatoms. The quantitative estimate of drug-likeness (QED) is 0.870. The Bertz CT molecular complexity index is 966. The Kier molecular flexibility index (Phi) is 5.73. The summed E-state index contributed by atoms with van der Waals surface area (Å²) in [5, 5.41) is 16.0. The number of rotatable bonds is 4. The second-order valence-corrected chi connectivity index (χ2v) is 7.30. The Labute approximate surface area is 163 Å². The minimum absolute atomic E-state index is 0.183. The number of anilines is 2. The fourth-order valence-corrected chi connectivity index (χ4v) is 3.25. The van der Waals surface area contributed by atoms with Crippen LogP contribution in [0, 0.1) is 31.1 Å². The van der Waals surface area contributed by atoms with Gasteiger partial charge in [-0.3, -0.25) is 9.59 Å². The highest BCUT2D eigenvalue weighted by Crippen LogP contribution is 2.24. The molecule has 1 aliphatic heterocycles. The van der Waals surface area contributed by atoms with Crippen LogP contribution in [0.15, 0.2) is 23.1 Å². The van der Waals surface area contributed by atoms with Crippen molar-refractivity contribution >= 4 is 17.4 Å². The smallest absolute Gasteiger partial charge is 0.270 e. The molecular formula is C20H24N6O2. The van der Waals surface area contributed by atoms with Gasteiger partial charge in [0.2, 0.25) is 5.91 Å². The number of nitrogens with zero attached hydrogens (tertiary/aromatic N) is 5. The number of hydrogen-bond donors (Lipinski definition) is 1. The first-order valence-electron chi connectivity index (χ1n) is 9.38. The SMILES string of the molecule is Cc1c(N2CCC(C)CC2)nn(CC(=O)Nc2ccc(C#N)nc2)c(=O)c1C. The minimum atomic E-state index is -0.373. The van der Waals surface area contributed by atoms with Gasteiger partial charge in [-0.05, 0) is 44.7 Å². The van der Waals surface area contributed by atoms with Crippen LogP contribution >= 0.6 is 0 Å². The van der Waals surface area contributed by atoms with Gasteiger partial charge in [-0.1, -0.05) is 6.92 Å². The van der Waals surface area contributed by atoms with Gasteiger partial charge < -0.3 is 10.2 Å². The van der Waals surface area contributed by atoms with Gasteiger partial charge in [0.15, 0.2) is 5.82 Å². The average Bonchev–Trinajstić information content (AvgIpc) is 2.70. The van der Waals surface area contributed by atoms with Crippen molar-refractivity contribution in [2.45, 2.75) is 40.2 Å². The molecule has 0 atom stereocenters. The molecule has 0 aromatic carbocycles. The molecule has 8 nitrogen and oxygen atoms in total. The number of amides is 1. The van der Waals surface area contributed by atoms with E-state index in [4.69, 9.17) is 5.26 Å². The molecule has 3 heterocycles. The summed E-state index contributed by atoms with van der Waals surface area (Å²) in [5.74, 6) is 1.09. The molecule has 0 saturated carbocycles. The number of hydrogen-bond acceptors (Lipinski definition) is 6. The first-order chi connectivity index (χ1) is 13.4. The first-order valence-corrected chi connectivity index (χ1v) is 9.38. The van der Waals surface area contributed by atoms with E-state index >= 15 is 0 Å². The molecule has 2 aromatic heterocycles. The second-order valence-electron chi connectivity index (χ2n) is 7.30. The van der Waals surface area contributed by atoms with Gasteiger partial charge in [0.25, 0.3) is 5.56 Å². The van der Waals surface area contributed by atoms with E-state index in [0.717, 1.165) is 37.3 Å². The Morgan fingerprint density at radius 3 is 2.61 bits per heavy atom. The molecule has 1 N–H and O–H groups in total. The van der Waals surface area contributed by atoms with Crippen molar-refractivity contribution in [2.24, 2.45) is 5.92 Å². The third-order valence-electron chi connectivity index (χ3n) is 5.21. The first kappa shape index (κ1) is 19.5.